The lowest BCUT2D eigenvalue weighted by atomic mass is 10.2. The molecule has 0 aliphatic heterocycles. The van der Waals surface area contributed by atoms with Crippen molar-refractivity contribution in [2.45, 2.75) is 26.5 Å². The molecule has 0 radical (unpaired) electrons. The van der Waals surface area contributed by atoms with Crippen molar-refractivity contribution in [3.05, 3.63) is 46.9 Å². The Bertz CT molecular complexity index is 811. The van der Waals surface area contributed by atoms with Crippen LogP contribution in [0.4, 0.5) is 0 Å². The van der Waals surface area contributed by atoms with Gasteiger partial charge in [-0.25, -0.2) is 0 Å². The Balaban J connectivity index is 1.75. The van der Waals surface area contributed by atoms with E-state index in [4.69, 9.17) is 20.9 Å². The topological polar surface area (TPSA) is 80.2 Å². The lowest BCUT2D eigenvalue weighted by Crippen LogP contribution is -2.21. The highest BCUT2D eigenvalue weighted by molar-refractivity contribution is 6.32. The molecule has 23 heavy (non-hydrogen) atoms. The number of rotatable bonds is 6. The third kappa shape index (κ3) is 3.65. The molecule has 120 valence electrons. The van der Waals surface area contributed by atoms with Crippen molar-refractivity contribution in [1.29, 1.82) is 0 Å². The second kappa shape index (κ2) is 6.75. The second-order valence-corrected chi connectivity index (χ2v) is 5.48. The molecule has 0 fully saturated rings. The molecule has 0 saturated carbocycles. The highest BCUT2D eigenvalue weighted by Crippen LogP contribution is 2.31. The van der Waals surface area contributed by atoms with Crippen LogP contribution >= 0.6 is 11.6 Å². The van der Waals surface area contributed by atoms with Crippen LogP contribution in [0.25, 0.3) is 10.9 Å². The Hall–Kier alpha value is -2.47. The molecule has 1 amide bonds. The first-order chi connectivity index (χ1) is 11.2. The Morgan fingerprint density at radius 1 is 1.43 bits per heavy atom. The average Bonchev–Trinajstić information content (AvgIpc) is 3.19. The molecular formula is C16H16ClN3O3. The number of aromatic nitrogens is 2. The summed E-state index contributed by atoms with van der Waals surface area (Å²) in [6.07, 6.45) is 1.96. The number of H-pyrrole nitrogens is 1. The van der Waals surface area contributed by atoms with Crippen molar-refractivity contribution < 1.29 is 14.1 Å². The van der Waals surface area contributed by atoms with E-state index >= 15 is 0 Å². The van der Waals surface area contributed by atoms with Gasteiger partial charge in [0.2, 0.25) is 5.91 Å². The van der Waals surface area contributed by atoms with E-state index in [0.29, 0.717) is 29.4 Å². The van der Waals surface area contributed by atoms with Crippen LogP contribution in [-0.2, 0) is 17.9 Å². The number of fused-ring (bicyclic) bond motifs is 1. The number of carbonyl (C=O) groups excluding carboxylic acids is 1. The first-order valence-corrected chi connectivity index (χ1v) is 7.63. The highest BCUT2D eigenvalue weighted by Gasteiger charge is 2.09. The van der Waals surface area contributed by atoms with E-state index in [2.05, 4.69) is 15.5 Å². The number of hydrogen-bond acceptors (Lipinski definition) is 4. The summed E-state index contributed by atoms with van der Waals surface area (Å²) in [5, 5.41) is 8.09. The maximum Gasteiger partial charge on any atom is 0.220 e. The van der Waals surface area contributed by atoms with E-state index in [0.717, 1.165) is 16.6 Å². The van der Waals surface area contributed by atoms with Crippen LogP contribution in [0, 0.1) is 0 Å². The number of nitrogens with zero attached hydrogens (tertiary/aromatic N) is 1. The van der Waals surface area contributed by atoms with E-state index in [1.807, 2.05) is 25.1 Å². The fourth-order valence-corrected chi connectivity index (χ4v) is 2.41. The molecule has 1 aromatic carbocycles. The largest absolute Gasteiger partial charge is 0.486 e. The van der Waals surface area contributed by atoms with Crippen molar-refractivity contribution in [1.82, 2.24) is 15.5 Å². The monoisotopic (exact) mass is 333 g/mol. The Morgan fingerprint density at radius 2 is 2.30 bits per heavy atom. The van der Waals surface area contributed by atoms with Crippen LogP contribution < -0.4 is 10.1 Å². The summed E-state index contributed by atoms with van der Waals surface area (Å²) in [6, 6.07) is 7.35. The van der Waals surface area contributed by atoms with Crippen LogP contribution in [0.15, 0.2) is 35.1 Å². The predicted molar refractivity (Wildman–Crippen MR) is 86.3 cm³/mol. The Morgan fingerprint density at radius 3 is 3.04 bits per heavy atom. The first-order valence-electron chi connectivity index (χ1n) is 7.25. The summed E-state index contributed by atoms with van der Waals surface area (Å²) in [5.74, 6) is 0.575. The molecule has 0 bridgehead atoms. The molecule has 0 saturated heterocycles. The van der Waals surface area contributed by atoms with Gasteiger partial charge in [0, 0.05) is 35.2 Å². The molecular weight excluding hydrogens is 318 g/mol. The van der Waals surface area contributed by atoms with E-state index in [9.17, 15) is 4.79 Å². The zero-order valence-corrected chi connectivity index (χ0v) is 13.3. The van der Waals surface area contributed by atoms with Crippen molar-refractivity contribution in [3.8, 4) is 5.75 Å². The molecule has 3 aromatic rings. The van der Waals surface area contributed by atoms with Gasteiger partial charge >= 0.3 is 0 Å². The van der Waals surface area contributed by atoms with E-state index < -0.39 is 0 Å². The standard InChI is InChI=1S/C16H16ClN3O3/c1-2-16(21)18-8-12-5-10-6-13(17)15(7-14(10)19-12)22-9-11-3-4-23-20-11/h3-7,19H,2,8-9H2,1H3,(H,18,21). The third-order valence-electron chi connectivity index (χ3n) is 3.39. The minimum atomic E-state index is 0.0123. The minimum absolute atomic E-state index is 0.0123. The third-order valence-corrected chi connectivity index (χ3v) is 3.69. The number of halogens is 1. The summed E-state index contributed by atoms with van der Waals surface area (Å²) < 4.78 is 10.4. The van der Waals surface area contributed by atoms with Crippen LogP contribution in [-0.4, -0.2) is 16.0 Å². The second-order valence-electron chi connectivity index (χ2n) is 5.07. The van der Waals surface area contributed by atoms with E-state index in [-0.39, 0.29) is 12.5 Å². The number of nitrogens with one attached hydrogen (secondary N) is 2. The van der Waals surface area contributed by atoms with Crippen LogP contribution in [0.2, 0.25) is 5.02 Å². The van der Waals surface area contributed by atoms with Gasteiger partial charge in [0.05, 0.1) is 11.6 Å². The lowest BCUT2D eigenvalue weighted by molar-refractivity contribution is -0.120. The Labute approximate surface area is 137 Å². The zero-order valence-electron chi connectivity index (χ0n) is 12.6. The molecule has 7 heteroatoms. The summed E-state index contributed by atoms with van der Waals surface area (Å²) in [4.78, 5) is 14.6. The number of benzene rings is 1. The molecule has 0 spiro atoms. The SMILES string of the molecule is CCC(=O)NCc1cc2cc(Cl)c(OCc3ccon3)cc2[nH]1. The van der Waals surface area contributed by atoms with Crippen molar-refractivity contribution in [2.24, 2.45) is 0 Å². The Kier molecular flexibility index (Phi) is 4.52. The quantitative estimate of drug-likeness (QED) is 0.724. The van der Waals surface area contributed by atoms with Gasteiger partial charge in [0.1, 0.15) is 24.3 Å². The smallest absolute Gasteiger partial charge is 0.220 e. The van der Waals surface area contributed by atoms with Gasteiger partial charge in [-0.05, 0) is 12.1 Å². The highest BCUT2D eigenvalue weighted by atomic mass is 35.5. The molecule has 0 aliphatic rings. The van der Waals surface area contributed by atoms with Crippen molar-refractivity contribution in [3.63, 3.8) is 0 Å². The zero-order chi connectivity index (χ0) is 16.2. The number of carbonyl (C=O) groups is 1. The maximum atomic E-state index is 11.3. The van der Waals surface area contributed by atoms with Gasteiger partial charge in [-0.1, -0.05) is 23.7 Å². The fraction of sp³-hybridized carbons (Fsp3) is 0.250. The molecule has 2 aromatic heterocycles. The van der Waals surface area contributed by atoms with E-state index in [1.54, 1.807) is 6.07 Å². The lowest BCUT2D eigenvalue weighted by Gasteiger charge is -2.06. The van der Waals surface area contributed by atoms with Crippen LogP contribution in [0.3, 0.4) is 0 Å². The summed E-state index contributed by atoms with van der Waals surface area (Å²) in [7, 11) is 0. The minimum Gasteiger partial charge on any atom is -0.486 e. The van der Waals surface area contributed by atoms with E-state index in [1.165, 1.54) is 6.26 Å². The van der Waals surface area contributed by atoms with Gasteiger partial charge in [0.25, 0.3) is 0 Å². The molecule has 0 unspecified atom stereocenters. The normalized spacial score (nSPS) is 10.9. The summed E-state index contributed by atoms with van der Waals surface area (Å²) in [5.41, 5.74) is 2.49. The molecule has 6 nitrogen and oxygen atoms in total. The van der Waals surface area contributed by atoms with Gasteiger partial charge in [-0.2, -0.15) is 0 Å². The predicted octanol–water partition coefficient (Wildman–Crippen LogP) is 3.41. The fourth-order valence-electron chi connectivity index (χ4n) is 2.18. The molecule has 2 N–H and O–H groups in total. The number of aromatic amines is 1. The van der Waals surface area contributed by atoms with Gasteiger partial charge in [0.15, 0.2) is 0 Å². The van der Waals surface area contributed by atoms with Crippen LogP contribution in [0.1, 0.15) is 24.7 Å². The molecule has 0 aliphatic carbocycles. The average molecular weight is 334 g/mol. The summed E-state index contributed by atoms with van der Waals surface area (Å²) >= 11 is 6.25. The molecule has 3 rings (SSSR count). The maximum absolute atomic E-state index is 11.3. The van der Waals surface area contributed by atoms with Crippen molar-refractivity contribution in [2.75, 3.05) is 0 Å². The molecule has 2 heterocycles. The van der Waals surface area contributed by atoms with Crippen molar-refractivity contribution >= 4 is 28.4 Å². The molecule has 0 atom stereocenters. The first kappa shape index (κ1) is 15.4. The van der Waals surface area contributed by atoms with Gasteiger partial charge in [-0.3, -0.25) is 4.79 Å². The number of amides is 1. The van der Waals surface area contributed by atoms with Crippen LogP contribution in [0.5, 0.6) is 5.75 Å². The van der Waals surface area contributed by atoms with Gasteiger partial charge in [-0.15, -0.1) is 0 Å². The van der Waals surface area contributed by atoms with Gasteiger partial charge < -0.3 is 19.6 Å². The summed E-state index contributed by atoms with van der Waals surface area (Å²) in [6.45, 7) is 2.55. The number of hydrogen-bond donors (Lipinski definition) is 2. The number of ether oxygens (including phenoxy) is 1.